The van der Waals surface area contributed by atoms with Gasteiger partial charge in [-0.05, 0) is 13.8 Å². The predicted molar refractivity (Wildman–Crippen MR) is 51.3 cm³/mol. The minimum atomic E-state index is -2.01. The van der Waals surface area contributed by atoms with Crippen molar-refractivity contribution in [3.8, 4) is 0 Å². The fourth-order valence-corrected chi connectivity index (χ4v) is 0.981. The van der Waals surface area contributed by atoms with Gasteiger partial charge in [0.1, 0.15) is 18.3 Å². The van der Waals surface area contributed by atoms with Crippen molar-refractivity contribution in [2.75, 3.05) is 6.61 Å². The van der Waals surface area contributed by atoms with E-state index in [9.17, 15) is 24.9 Å². The first-order chi connectivity index (χ1) is 7.32. The Labute approximate surface area is 92.3 Å². The van der Waals surface area contributed by atoms with E-state index in [4.69, 9.17) is 5.11 Å². The maximum atomic E-state index is 11.0. The number of aliphatic hydroxyl groups is 4. The molecule has 0 aromatic rings. The lowest BCUT2D eigenvalue weighted by atomic mass is 10.0. The lowest BCUT2D eigenvalue weighted by molar-refractivity contribution is -0.170. The van der Waals surface area contributed by atoms with Gasteiger partial charge in [-0.3, -0.25) is 4.79 Å². The fourth-order valence-electron chi connectivity index (χ4n) is 0.981. The maximum absolute atomic E-state index is 11.0. The molecule has 0 amide bonds. The molecule has 0 heterocycles. The van der Waals surface area contributed by atoms with Crippen molar-refractivity contribution in [2.24, 2.45) is 0 Å². The molecule has 0 aliphatic carbocycles. The number of rotatable bonds is 6. The average Bonchev–Trinajstić information content (AvgIpc) is 2.25. The highest BCUT2D eigenvalue weighted by Gasteiger charge is 2.36. The van der Waals surface area contributed by atoms with Gasteiger partial charge in [0.25, 0.3) is 0 Å². The lowest BCUT2D eigenvalue weighted by Crippen LogP contribution is -2.50. The van der Waals surface area contributed by atoms with E-state index in [1.54, 1.807) is 0 Å². The zero-order valence-corrected chi connectivity index (χ0v) is 9.03. The number of esters is 1. The van der Waals surface area contributed by atoms with Gasteiger partial charge >= 0.3 is 5.97 Å². The van der Waals surface area contributed by atoms with Gasteiger partial charge in [-0.2, -0.15) is 0 Å². The van der Waals surface area contributed by atoms with Gasteiger partial charge in [0.2, 0.25) is 0 Å². The van der Waals surface area contributed by atoms with E-state index < -0.39 is 36.2 Å². The molecule has 16 heavy (non-hydrogen) atoms. The molecule has 4 atom stereocenters. The topological polar surface area (TPSA) is 124 Å². The molecule has 0 spiro atoms. The highest BCUT2D eigenvalue weighted by Crippen LogP contribution is 2.07. The predicted octanol–water partition coefficient (Wildman–Crippen LogP) is -2.42. The number of aliphatic hydroxyl groups excluding tert-OH is 4. The largest absolute Gasteiger partial charge is 0.464 e. The average molecular weight is 236 g/mol. The van der Waals surface area contributed by atoms with E-state index in [0.717, 1.165) is 6.92 Å². The van der Waals surface area contributed by atoms with Crippen molar-refractivity contribution in [1.29, 1.82) is 0 Å². The Hall–Kier alpha value is -1.02. The Kier molecular flexibility index (Phi) is 6.12. The molecule has 7 heteroatoms. The van der Waals surface area contributed by atoms with Crippen LogP contribution in [0.1, 0.15) is 13.8 Å². The van der Waals surface area contributed by atoms with Crippen molar-refractivity contribution in [3.05, 3.63) is 0 Å². The molecular weight excluding hydrogens is 220 g/mol. The van der Waals surface area contributed by atoms with Crippen LogP contribution in [0.2, 0.25) is 0 Å². The first-order valence-electron chi connectivity index (χ1n) is 4.72. The van der Waals surface area contributed by atoms with E-state index in [-0.39, 0.29) is 6.61 Å². The molecule has 0 fully saturated rings. The zero-order valence-electron chi connectivity index (χ0n) is 9.03. The Morgan fingerprint density at radius 2 is 1.50 bits per heavy atom. The monoisotopic (exact) mass is 236 g/mol. The molecular formula is C9H16O7. The second kappa shape index (κ2) is 6.54. The first-order valence-corrected chi connectivity index (χ1v) is 4.72. The van der Waals surface area contributed by atoms with Crippen LogP contribution in [-0.4, -0.2) is 63.2 Å². The van der Waals surface area contributed by atoms with Crippen LogP contribution < -0.4 is 0 Å². The summed E-state index contributed by atoms with van der Waals surface area (Å²) < 4.78 is 4.39. The molecule has 0 saturated carbocycles. The summed E-state index contributed by atoms with van der Waals surface area (Å²) in [5.41, 5.74) is 0. The van der Waals surface area contributed by atoms with E-state index in [1.165, 1.54) is 6.92 Å². The third-order valence-corrected chi connectivity index (χ3v) is 1.94. The van der Waals surface area contributed by atoms with E-state index in [1.807, 2.05) is 0 Å². The quantitative estimate of drug-likeness (QED) is 0.378. The van der Waals surface area contributed by atoms with Crippen LogP contribution >= 0.6 is 0 Å². The van der Waals surface area contributed by atoms with Gasteiger partial charge in [0.05, 0.1) is 6.61 Å². The molecule has 0 aliphatic heterocycles. The zero-order chi connectivity index (χ0) is 12.9. The number of ether oxygens (including phenoxy) is 1. The summed E-state index contributed by atoms with van der Waals surface area (Å²) in [4.78, 5) is 21.7. The SMILES string of the molecule is CCOC(=O)[C@H](O)[C@@H](O)[C@H](O)[C@H](O)C(C)=O. The molecule has 0 aromatic heterocycles. The van der Waals surface area contributed by atoms with Crippen LogP contribution in [0.5, 0.6) is 0 Å². The standard InChI is InChI=1S/C9H16O7/c1-3-16-9(15)8(14)7(13)6(12)5(11)4(2)10/h5-8,11-14H,3H2,1-2H3/t5-,6-,7+,8-/m1/s1. The summed E-state index contributed by atoms with van der Waals surface area (Å²) in [6.45, 7) is 2.49. The number of carbonyl (C=O) groups is 2. The maximum Gasteiger partial charge on any atom is 0.337 e. The van der Waals surface area contributed by atoms with Crippen LogP contribution in [0, 0.1) is 0 Å². The van der Waals surface area contributed by atoms with Gasteiger partial charge in [0.15, 0.2) is 11.9 Å². The van der Waals surface area contributed by atoms with Crippen molar-refractivity contribution in [1.82, 2.24) is 0 Å². The lowest BCUT2D eigenvalue weighted by Gasteiger charge is -2.23. The number of hydrogen-bond acceptors (Lipinski definition) is 7. The van der Waals surface area contributed by atoms with Gasteiger partial charge < -0.3 is 25.2 Å². The molecule has 0 unspecified atom stereocenters. The Balaban J connectivity index is 4.47. The van der Waals surface area contributed by atoms with Crippen molar-refractivity contribution in [3.63, 3.8) is 0 Å². The van der Waals surface area contributed by atoms with Gasteiger partial charge in [-0.15, -0.1) is 0 Å². The van der Waals surface area contributed by atoms with Crippen LogP contribution in [0.3, 0.4) is 0 Å². The van der Waals surface area contributed by atoms with Gasteiger partial charge in [-0.25, -0.2) is 4.79 Å². The van der Waals surface area contributed by atoms with Crippen LogP contribution in [0.25, 0.3) is 0 Å². The van der Waals surface area contributed by atoms with Crippen molar-refractivity contribution >= 4 is 11.8 Å². The molecule has 7 nitrogen and oxygen atoms in total. The summed E-state index contributed by atoms with van der Waals surface area (Å²) >= 11 is 0. The summed E-state index contributed by atoms with van der Waals surface area (Å²) in [6.07, 6.45) is -7.81. The van der Waals surface area contributed by atoms with Crippen molar-refractivity contribution < 1.29 is 34.8 Å². The van der Waals surface area contributed by atoms with E-state index >= 15 is 0 Å². The van der Waals surface area contributed by atoms with Crippen LogP contribution in [-0.2, 0) is 14.3 Å². The van der Waals surface area contributed by atoms with Gasteiger partial charge in [0, 0.05) is 0 Å². The number of Topliss-reactive ketones (excluding diaryl/α,β-unsaturated/α-hetero) is 1. The Morgan fingerprint density at radius 3 is 1.88 bits per heavy atom. The minimum Gasteiger partial charge on any atom is -0.464 e. The molecule has 0 saturated heterocycles. The number of hydrogen-bond donors (Lipinski definition) is 4. The van der Waals surface area contributed by atoms with Gasteiger partial charge in [-0.1, -0.05) is 0 Å². The summed E-state index contributed by atoms with van der Waals surface area (Å²) in [5.74, 6) is -1.92. The molecule has 0 aliphatic rings. The van der Waals surface area contributed by atoms with Crippen LogP contribution in [0.15, 0.2) is 0 Å². The summed E-state index contributed by atoms with van der Waals surface area (Å²) in [5, 5.41) is 36.9. The third-order valence-electron chi connectivity index (χ3n) is 1.94. The highest BCUT2D eigenvalue weighted by molar-refractivity contribution is 5.81. The summed E-state index contributed by atoms with van der Waals surface area (Å²) in [7, 11) is 0. The second-order valence-corrected chi connectivity index (χ2v) is 3.23. The molecule has 0 aromatic carbocycles. The molecule has 94 valence electrons. The van der Waals surface area contributed by atoms with Crippen LogP contribution in [0.4, 0.5) is 0 Å². The highest BCUT2D eigenvalue weighted by atomic mass is 16.5. The molecule has 0 radical (unpaired) electrons. The molecule has 0 bridgehead atoms. The third kappa shape index (κ3) is 3.86. The second-order valence-electron chi connectivity index (χ2n) is 3.23. The first kappa shape index (κ1) is 15.0. The minimum absolute atomic E-state index is 0.00598. The van der Waals surface area contributed by atoms with E-state index in [2.05, 4.69) is 4.74 Å². The Bertz CT molecular complexity index is 252. The van der Waals surface area contributed by atoms with Crippen molar-refractivity contribution in [2.45, 2.75) is 38.3 Å². The number of carbonyl (C=O) groups excluding carboxylic acids is 2. The Morgan fingerprint density at radius 1 is 1.06 bits per heavy atom. The smallest absolute Gasteiger partial charge is 0.337 e. The number of ketones is 1. The molecule has 4 N–H and O–H groups in total. The fraction of sp³-hybridized carbons (Fsp3) is 0.778. The van der Waals surface area contributed by atoms with E-state index in [0.29, 0.717) is 0 Å². The summed E-state index contributed by atoms with van der Waals surface area (Å²) in [6, 6.07) is 0. The molecule has 0 rings (SSSR count). The normalized spacial score (nSPS) is 18.4.